The molecule has 0 saturated carbocycles. The zero-order chi connectivity index (χ0) is 12.4. The average Bonchev–Trinajstić information content (AvgIpc) is 2.28. The quantitative estimate of drug-likeness (QED) is 0.890. The summed E-state index contributed by atoms with van der Waals surface area (Å²) in [7, 11) is 0. The second kappa shape index (κ2) is 4.89. The molecule has 0 saturated heterocycles. The maximum absolute atomic E-state index is 6.12. The molecule has 1 heterocycles. The molecule has 0 amide bonds. The summed E-state index contributed by atoms with van der Waals surface area (Å²) in [6.45, 7) is 1.96. The minimum atomic E-state index is 0.209. The topological polar surface area (TPSA) is 63.8 Å². The molecule has 0 atom stereocenters. The van der Waals surface area contributed by atoms with Gasteiger partial charge in [0.15, 0.2) is 0 Å². The van der Waals surface area contributed by atoms with Crippen LogP contribution in [0.2, 0.25) is 5.02 Å². The molecule has 0 fully saturated rings. The van der Waals surface area contributed by atoms with E-state index >= 15 is 0 Å². The molecule has 0 aliphatic heterocycles. The monoisotopic (exact) mass is 312 g/mol. The highest BCUT2D eigenvalue weighted by Crippen LogP contribution is 2.30. The number of para-hydroxylation sites is 1. The number of nitrogens with two attached hydrogens (primary N) is 1. The summed E-state index contributed by atoms with van der Waals surface area (Å²) in [5.74, 6) is 0.800. The lowest BCUT2D eigenvalue weighted by molar-refractivity contribution is 1.17. The van der Waals surface area contributed by atoms with Crippen LogP contribution < -0.4 is 11.1 Å². The molecule has 0 unspecified atom stereocenters. The zero-order valence-corrected chi connectivity index (χ0v) is 11.4. The van der Waals surface area contributed by atoms with Crippen molar-refractivity contribution < 1.29 is 0 Å². The van der Waals surface area contributed by atoms with Crippen LogP contribution in [0.5, 0.6) is 0 Å². The Labute approximate surface area is 112 Å². The molecule has 0 spiro atoms. The van der Waals surface area contributed by atoms with Crippen molar-refractivity contribution in [2.24, 2.45) is 0 Å². The number of nitrogens with one attached hydrogen (secondary N) is 1. The van der Waals surface area contributed by atoms with Gasteiger partial charge in [0.05, 0.1) is 15.2 Å². The van der Waals surface area contributed by atoms with E-state index in [2.05, 4.69) is 31.2 Å². The Hall–Kier alpha value is -1.33. The summed E-state index contributed by atoms with van der Waals surface area (Å²) in [5.41, 5.74) is 7.38. The second-order valence-electron chi connectivity index (χ2n) is 3.48. The van der Waals surface area contributed by atoms with Gasteiger partial charge in [0.2, 0.25) is 5.95 Å². The molecule has 4 nitrogen and oxygen atoms in total. The number of benzene rings is 1. The third kappa shape index (κ3) is 2.68. The molecule has 0 bridgehead atoms. The number of hydrogen-bond donors (Lipinski definition) is 2. The largest absolute Gasteiger partial charge is 0.368 e. The van der Waals surface area contributed by atoms with Crippen LogP contribution in [0, 0.1) is 6.92 Å². The van der Waals surface area contributed by atoms with Crippen LogP contribution in [0.25, 0.3) is 0 Å². The van der Waals surface area contributed by atoms with Gasteiger partial charge in [-0.2, -0.15) is 4.98 Å². The highest BCUT2D eigenvalue weighted by atomic mass is 79.9. The van der Waals surface area contributed by atoms with Crippen LogP contribution >= 0.6 is 27.5 Å². The summed E-state index contributed by atoms with van der Waals surface area (Å²) in [4.78, 5) is 7.97. The Balaban J connectivity index is 2.41. The van der Waals surface area contributed by atoms with Crippen molar-refractivity contribution in [1.82, 2.24) is 9.97 Å². The van der Waals surface area contributed by atoms with Crippen LogP contribution in [0.15, 0.2) is 28.9 Å². The number of nitrogens with zero attached hydrogens (tertiary/aromatic N) is 2. The van der Waals surface area contributed by atoms with E-state index in [1.54, 1.807) is 6.20 Å². The van der Waals surface area contributed by atoms with Crippen molar-refractivity contribution in [2.75, 3.05) is 11.1 Å². The van der Waals surface area contributed by atoms with Gasteiger partial charge >= 0.3 is 0 Å². The molecule has 88 valence electrons. The molecule has 3 N–H and O–H groups in total. The van der Waals surface area contributed by atoms with Gasteiger partial charge in [-0.25, -0.2) is 4.98 Å². The lowest BCUT2D eigenvalue weighted by Gasteiger charge is -2.11. The van der Waals surface area contributed by atoms with Crippen LogP contribution in [0.1, 0.15) is 5.56 Å². The molecule has 0 aliphatic carbocycles. The predicted molar refractivity (Wildman–Crippen MR) is 73.6 cm³/mol. The Morgan fingerprint density at radius 2 is 2.18 bits per heavy atom. The number of aryl methyl sites for hydroxylation is 1. The first-order chi connectivity index (χ1) is 8.08. The lowest BCUT2D eigenvalue weighted by atomic mass is 10.2. The first-order valence-electron chi connectivity index (χ1n) is 4.88. The molecular weight excluding hydrogens is 304 g/mol. The average molecular weight is 314 g/mol. The Kier molecular flexibility index (Phi) is 3.49. The van der Waals surface area contributed by atoms with Crippen molar-refractivity contribution in [3.8, 4) is 0 Å². The number of aromatic nitrogens is 2. The number of nitrogen functional groups attached to an aromatic ring is 1. The van der Waals surface area contributed by atoms with Crippen LogP contribution in [-0.2, 0) is 0 Å². The van der Waals surface area contributed by atoms with E-state index in [1.165, 1.54) is 0 Å². The van der Waals surface area contributed by atoms with Gasteiger partial charge in [0, 0.05) is 6.20 Å². The Morgan fingerprint density at radius 3 is 2.88 bits per heavy atom. The van der Waals surface area contributed by atoms with Gasteiger partial charge in [0.1, 0.15) is 5.82 Å². The van der Waals surface area contributed by atoms with E-state index in [0.29, 0.717) is 10.8 Å². The van der Waals surface area contributed by atoms with Crippen molar-refractivity contribution >= 4 is 45.0 Å². The van der Waals surface area contributed by atoms with E-state index in [1.807, 2.05) is 25.1 Å². The van der Waals surface area contributed by atoms with Crippen molar-refractivity contribution in [1.29, 1.82) is 0 Å². The van der Waals surface area contributed by atoms with Crippen LogP contribution in [-0.4, -0.2) is 9.97 Å². The minimum absolute atomic E-state index is 0.209. The van der Waals surface area contributed by atoms with Gasteiger partial charge in [-0.05, 0) is 34.5 Å². The van der Waals surface area contributed by atoms with E-state index < -0.39 is 0 Å². The number of hydrogen-bond acceptors (Lipinski definition) is 4. The summed E-state index contributed by atoms with van der Waals surface area (Å²) in [5, 5.41) is 3.77. The normalized spacial score (nSPS) is 10.3. The summed E-state index contributed by atoms with van der Waals surface area (Å²) in [6, 6.07) is 5.67. The summed E-state index contributed by atoms with van der Waals surface area (Å²) >= 11 is 9.47. The molecule has 1 aromatic carbocycles. The van der Waals surface area contributed by atoms with Crippen molar-refractivity contribution in [2.45, 2.75) is 6.92 Å². The molecule has 2 rings (SSSR count). The SMILES string of the molecule is Cc1cccc(Cl)c1Nc1nc(N)ncc1Br. The first kappa shape index (κ1) is 12.1. The van der Waals surface area contributed by atoms with Crippen molar-refractivity contribution in [3.63, 3.8) is 0 Å². The highest BCUT2D eigenvalue weighted by Gasteiger charge is 2.08. The summed E-state index contributed by atoms with van der Waals surface area (Å²) < 4.78 is 0.728. The third-order valence-electron chi connectivity index (χ3n) is 2.23. The molecule has 2 aromatic rings. The zero-order valence-electron chi connectivity index (χ0n) is 9.04. The fourth-order valence-corrected chi connectivity index (χ4v) is 1.94. The molecule has 1 aromatic heterocycles. The number of halogens is 2. The van der Waals surface area contributed by atoms with E-state index in [9.17, 15) is 0 Å². The number of anilines is 3. The maximum atomic E-state index is 6.12. The highest BCUT2D eigenvalue weighted by molar-refractivity contribution is 9.10. The van der Waals surface area contributed by atoms with E-state index in [0.717, 1.165) is 15.7 Å². The van der Waals surface area contributed by atoms with Gasteiger partial charge in [0.25, 0.3) is 0 Å². The first-order valence-corrected chi connectivity index (χ1v) is 6.05. The fraction of sp³-hybridized carbons (Fsp3) is 0.0909. The van der Waals surface area contributed by atoms with Gasteiger partial charge in [-0.15, -0.1) is 0 Å². The smallest absolute Gasteiger partial charge is 0.222 e. The Bertz CT molecular complexity index is 539. The third-order valence-corrected chi connectivity index (χ3v) is 3.12. The van der Waals surface area contributed by atoms with Gasteiger partial charge in [-0.3, -0.25) is 0 Å². The van der Waals surface area contributed by atoms with E-state index in [-0.39, 0.29) is 5.95 Å². The van der Waals surface area contributed by atoms with Gasteiger partial charge in [-0.1, -0.05) is 23.7 Å². The standard InChI is InChI=1S/C11H10BrClN4/c1-6-3-2-4-8(13)9(6)16-10-7(12)5-15-11(14)17-10/h2-5H,1H3,(H3,14,15,16,17). The maximum Gasteiger partial charge on any atom is 0.222 e. The molecule has 0 aliphatic rings. The van der Waals surface area contributed by atoms with Gasteiger partial charge < -0.3 is 11.1 Å². The molecular formula is C11H10BrClN4. The molecule has 6 heteroatoms. The second-order valence-corrected chi connectivity index (χ2v) is 4.74. The van der Waals surface area contributed by atoms with Crippen LogP contribution in [0.4, 0.5) is 17.5 Å². The summed E-state index contributed by atoms with van der Waals surface area (Å²) in [6.07, 6.45) is 1.59. The molecule has 0 radical (unpaired) electrons. The van der Waals surface area contributed by atoms with Crippen LogP contribution in [0.3, 0.4) is 0 Å². The Morgan fingerprint density at radius 1 is 1.41 bits per heavy atom. The number of rotatable bonds is 2. The minimum Gasteiger partial charge on any atom is -0.368 e. The predicted octanol–water partition coefficient (Wildman–Crippen LogP) is 3.53. The lowest BCUT2D eigenvalue weighted by Crippen LogP contribution is -2.01. The molecule has 17 heavy (non-hydrogen) atoms. The van der Waals surface area contributed by atoms with E-state index in [4.69, 9.17) is 17.3 Å². The fourth-order valence-electron chi connectivity index (χ4n) is 1.38. The van der Waals surface area contributed by atoms with Crippen molar-refractivity contribution in [3.05, 3.63) is 39.5 Å².